The van der Waals surface area contributed by atoms with Crippen LogP contribution in [0.15, 0.2) is 49.1 Å². The van der Waals surface area contributed by atoms with E-state index in [1.165, 1.54) is 28.1 Å². The van der Waals surface area contributed by atoms with Crippen molar-refractivity contribution in [1.82, 2.24) is 19.8 Å². The van der Waals surface area contributed by atoms with Crippen LogP contribution >= 0.6 is 0 Å². The Bertz CT molecular complexity index is 1580. The number of hydrogen-bond donors (Lipinski definition) is 0. The van der Waals surface area contributed by atoms with Gasteiger partial charge in [0.1, 0.15) is 18.0 Å². The second kappa shape index (κ2) is 12.8. The van der Waals surface area contributed by atoms with Gasteiger partial charge in [-0.15, -0.1) is 0 Å². The molecule has 0 radical (unpaired) electrons. The Labute approximate surface area is 259 Å². The minimum atomic E-state index is -0.238. The molecular weight excluding hydrogens is 554 g/mol. The van der Waals surface area contributed by atoms with Crippen molar-refractivity contribution in [3.63, 3.8) is 0 Å². The van der Waals surface area contributed by atoms with Crippen LogP contribution < -0.4 is 14.5 Å². The zero-order chi connectivity index (χ0) is 30.8. The number of ether oxygens (including phenoxy) is 2. The van der Waals surface area contributed by atoms with E-state index in [9.17, 15) is 4.79 Å². The molecule has 0 saturated carbocycles. The zero-order valence-corrected chi connectivity index (χ0v) is 25.9. The van der Waals surface area contributed by atoms with E-state index in [1.54, 1.807) is 4.90 Å². The van der Waals surface area contributed by atoms with Gasteiger partial charge in [-0.05, 0) is 50.4 Å². The first-order valence-corrected chi connectivity index (χ1v) is 15.4. The molecule has 44 heavy (non-hydrogen) atoms. The van der Waals surface area contributed by atoms with Gasteiger partial charge < -0.3 is 29.0 Å². The highest BCUT2D eigenvalue weighted by molar-refractivity contribution is 5.97. The number of benzene rings is 2. The maximum Gasteiger partial charge on any atom is 0.318 e. The van der Waals surface area contributed by atoms with Gasteiger partial charge >= 0.3 is 6.01 Å². The molecule has 2 fully saturated rings. The molecule has 0 spiro atoms. The van der Waals surface area contributed by atoms with Crippen LogP contribution in [0.1, 0.15) is 23.7 Å². The van der Waals surface area contributed by atoms with Crippen molar-refractivity contribution >= 4 is 28.2 Å². The van der Waals surface area contributed by atoms with Crippen molar-refractivity contribution in [2.24, 2.45) is 0 Å². The third-order valence-electron chi connectivity index (χ3n) is 9.09. The van der Waals surface area contributed by atoms with Crippen LogP contribution in [0.25, 0.3) is 15.6 Å². The molecule has 0 unspecified atom stereocenters. The van der Waals surface area contributed by atoms with Crippen LogP contribution in [0, 0.1) is 13.5 Å². The number of rotatable bonds is 9. The van der Waals surface area contributed by atoms with Gasteiger partial charge in [0.2, 0.25) is 12.5 Å². The summed E-state index contributed by atoms with van der Waals surface area (Å²) in [5.41, 5.74) is 4.54. The quantitative estimate of drug-likeness (QED) is 0.274. The average Bonchev–Trinajstić information content (AvgIpc) is 2.99. The Morgan fingerprint density at radius 2 is 2.00 bits per heavy atom. The second-order valence-electron chi connectivity index (χ2n) is 12.1. The molecule has 3 aliphatic heterocycles. The molecule has 6 rings (SSSR count). The Morgan fingerprint density at radius 3 is 2.73 bits per heavy atom. The first kappa shape index (κ1) is 29.9. The smallest absolute Gasteiger partial charge is 0.318 e. The summed E-state index contributed by atoms with van der Waals surface area (Å²) in [5.74, 6) is 0.718. The molecule has 2 atom stereocenters. The van der Waals surface area contributed by atoms with Gasteiger partial charge in [0.25, 0.3) is 0 Å². The maximum atomic E-state index is 12.6. The molecule has 1 amide bonds. The molecule has 3 aromatic rings. The number of amides is 1. The lowest BCUT2D eigenvalue weighted by atomic mass is 9.99. The molecule has 2 aromatic carbocycles. The van der Waals surface area contributed by atoms with Gasteiger partial charge in [0.15, 0.2) is 0 Å². The topological polar surface area (TPSA) is 78.6 Å². The largest absolute Gasteiger partial charge is 0.459 e. The third kappa shape index (κ3) is 5.94. The summed E-state index contributed by atoms with van der Waals surface area (Å²) in [6.07, 6.45) is 2.00. The Hall–Kier alpha value is -4.20. The summed E-state index contributed by atoms with van der Waals surface area (Å²) in [4.78, 5) is 34.9. The van der Waals surface area contributed by atoms with Gasteiger partial charge in [-0.2, -0.15) is 9.97 Å². The van der Waals surface area contributed by atoms with Crippen molar-refractivity contribution in [2.45, 2.75) is 45.0 Å². The van der Waals surface area contributed by atoms with Crippen LogP contribution in [0.3, 0.4) is 0 Å². The van der Waals surface area contributed by atoms with Gasteiger partial charge in [-0.1, -0.05) is 36.9 Å². The van der Waals surface area contributed by atoms with Crippen molar-refractivity contribution < 1.29 is 14.3 Å². The second-order valence-corrected chi connectivity index (χ2v) is 12.1. The molecule has 3 aliphatic rings. The lowest BCUT2D eigenvalue weighted by Gasteiger charge is -2.41. The van der Waals surface area contributed by atoms with Gasteiger partial charge in [-0.3, -0.25) is 9.69 Å². The van der Waals surface area contributed by atoms with Crippen LogP contribution in [0.4, 0.5) is 11.5 Å². The lowest BCUT2D eigenvalue weighted by Crippen LogP contribution is -2.56. The van der Waals surface area contributed by atoms with E-state index in [-0.39, 0.29) is 24.6 Å². The first-order chi connectivity index (χ1) is 21.4. The van der Waals surface area contributed by atoms with Crippen molar-refractivity contribution in [3.05, 3.63) is 77.3 Å². The monoisotopic (exact) mass is 595 g/mol. The number of fused-ring (bicyclic) bond motifs is 2. The number of likely N-dealkylation sites (N-methyl/N-ethyl adjacent to an activating group) is 1. The van der Waals surface area contributed by atoms with E-state index in [4.69, 9.17) is 26.0 Å². The summed E-state index contributed by atoms with van der Waals surface area (Å²) in [6.45, 7) is 21.0. The van der Waals surface area contributed by atoms with Crippen LogP contribution in [0.2, 0.25) is 0 Å². The summed E-state index contributed by atoms with van der Waals surface area (Å²) in [7, 11) is 2.09. The molecule has 10 nitrogen and oxygen atoms in total. The number of hydrogen-bond acceptors (Lipinski definition) is 8. The number of carbonyl (C=O) groups excluding carboxylic acids is 1. The van der Waals surface area contributed by atoms with Crippen molar-refractivity contribution in [1.29, 1.82) is 0 Å². The van der Waals surface area contributed by atoms with E-state index in [1.807, 2.05) is 0 Å². The summed E-state index contributed by atoms with van der Waals surface area (Å²) >= 11 is 0. The van der Waals surface area contributed by atoms with Crippen LogP contribution in [0.5, 0.6) is 6.01 Å². The Balaban J connectivity index is 1.33. The van der Waals surface area contributed by atoms with Gasteiger partial charge in [0.05, 0.1) is 31.5 Å². The Kier molecular flexibility index (Phi) is 8.69. The van der Waals surface area contributed by atoms with E-state index in [0.717, 1.165) is 49.8 Å². The number of anilines is 2. The average molecular weight is 596 g/mol. The summed E-state index contributed by atoms with van der Waals surface area (Å²) < 4.78 is 11.8. The minimum Gasteiger partial charge on any atom is -0.459 e. The predicted molar refractivity (Wildman–Crippen MR) is 172 cm³/mol. The SMILES string of the molecule is [C-]#[N+]C[C@H]1CN(c2nc(O[C@H](C)CN(C)C3COC3)nc3c2CCN(c2cccc4cccc(C)c24)C3)CCN1C(=O)C=C. The van der Waals surface area contributed by atoms with Gasteiger partial charge in [-0.25, -0.2) is 6.57 Å². The zero-order valence-electron chi connectivity index (χ0n) is 25.9. The van der Waals surface area contributed by atoms with Crippen molar-refractivity contribution in [3.8, 4) is 6.01 Å². The van der Waals surface area contributed by atoms with Crippen LogP contribution in [-0.4, -0.2) is 103 Å². The highest BCUT2D eigenvalue weighted by atomic mass is 16.5. The standard InChI is InChI=1S/C34H41N7O3/c1-6-31(42)41-16-15-40(19-26(41)17-35-4)33-28-13-14-39(30-12-8-11-25-10-7-9-23(2)32(25)30)20-29(28)36-34(37-33)44-24(3)18-38(5)27-21-43-22-27/h6-12,24,26-27H,1,13-22H2,2-3,5H3/t24-,26+/m1/s1. The molecule has 0 bridgehead atoms. The summed E-state index contributed by atoms with van der Waals surface area (Å²) in [6, 6.07) is 13.5. The van der Waals surface area contributed by atoms with E-state index in [0.29, 0.717) is 38.2 Å². The highest BCUT2D eigenvalue weighted by Crippen LogP contribution is 2.36. The van der Waals surface area contributed by atoms with E-state index >= 15 is 0 Å². The first-order valence-electron chi connectivity index (χ1n) is 15.4. The molecule has 10 heteroatoms. The molecule has 230 valence electrons. The van der Waals surface area contributed by atoms with E-state index < -0.39 is 0 Å². The molecule has 0 N–H and O–H groups in total. The number of nitrogens with zero attached hydrogens (tertiary/aromatic N) is 7. The number of aryl methyl sites for hydroxylation is 1. The molecular formula is C34H41N7O3. The fourth-order valence-corrected chi connectivity index (χ4v) is 6.64. The van der Waals surface area contributed by atoms with Crippen LogP contribution in [-0.2, 0) is 22.5 Å². The molecule has 1 aromatic heterocycles. The summed E-state index contributed by atoms with van der Waals surface area (Å²) in [5, 5.41) is 2.50. The Morgan fingerprint density at radius 1 is 1.20 bits per heavy atom. The highest BCUT2D eigenvalue weighted by Gasteiger charge is 2.35. The van der Waals surface area contributed by atoms with E-state index in [2.05, 4.69) is 83.4 Å². The molecule has 2 saturated heterocycles. The fourth-order valence-electron chi connectivity index (χ4n) is 6.64. The third-order valence-corrected chi connectivity index (χ3v) is 9.09. The number of piperazine rings is 1. The number of carbonyl (C=O) groups is 1. The lowest BCUT2D eigenvalue weighted by molar-refractivity contribution is -0.128. The maximum absolute atomic E-state index is 12.6. The van der Waals surface area contributed by atoms with Gasteiger partial charge in [0, 0.05) is 49.4 Å². The number of aromatic nitrogens is 2. The normalized spacial score (nSPS) is 19.3. The predicted octanol–water partition coefficient (Wildman–Crippen LogP) is 3.72. The fraction of sp³-hybridized carbons (Fsp3) is 0.471. The minimum absolute atomic E-state index is 0.121. The molecule has 4 heterocycles. The van der Waals surface area contributed by atoms with Crippen molar-refractivity contribution in [2.75, 3.05) is 69.3 Å². The molecule has 0 aliphatic carbocycles.